The van der Waals surface area contributed by atoms with E-state index in [-0.39, 0.29) is 17.1 Å². The van der Waals surface area contributed by atoms with Crippen molar-refractivity contribution in [3.63, 3.8) is 0 Å². The number of hydrogen-bond donors (Lipinski definition) is 0. The first kappa shape index (κ1) is 19.7. The Hall–Kier alpha value is -3.63. The zero-order chi connectivity index (χ0) is 20.4. The van der Waals surface area contributed by atoms with E-state index in [0.717, 1.165) is 19.3 Å². The lowest BCUT2D eigenvalue weighted by Crippen LogP contribution is -2.56. The summed E-state index contributed by atoms with van der Waals surface area (Å²) in [6.45, 7) is 2.74. The molecule has 11 heteroatoms. The highest BCUT2D eigenvalue weighted by atomic mass is 16.6. The van der Waals surface area contributed by atoms with Crippen LogP contribution < -0.4 is 5.12 Å². The van der Waals surface area contributed by atoms with Crippen LogP contribution in [-0.4, -0.2) is 48.3 Å². The Balaban J connectivity index is 2.54. The number of nitrogens with zero attached hydrogens (tertiary/aromatic N) is 4. The monoisotopic (exact) mass is 376 g/mol. The summed E-state index contributed by atoms with van der Waals surface area (Å²) in [6.07, 6.45) is 0. The van der Waals surface area contributed by atoms with Crippen molar-refractivity contribution in [3.05, 3.63) is 34.4 Å². The third kappa shape index (κ3) is 3.14. The average molecular weight is 376 g/mol. The zero-order valence-electron chi connectivity index (χ0n) is 15.0. The predicted molar refractivity (Wildman–Crippen MR) is 93.3 cm³/mol. The Morgan fingerprint density at radius 2 is 1.56 bits per heavy atom. The molecule has 2 rings (SSSR count). The first-order valence-electron chi connectivity index (χ1n) is 7.57. The van der Waals surface area contributed by atoms with Crippen molar-refractivity contribution in [2.75, 3.05) is 19.3 Å². The Morgan fingerprint density at radius 3 is 1.96 bits per heavy atom. The van der Waals surface area contributed by atoms with Gasteiger partial charge in [-0.3, -0.25) is 19.7 Å². The fraction of sp³-hybridized carbons (Fsp3) is 0.312. The van der Waals surface area contributed by atoms with Crippen molar-refractivity contribution in [1.82, 2.24) is 0 Å². The second-order valence-electron chi connectivity index (χ2n) is 5.50. The molecule has 0 saturated heterocycles. The molecule has 0 radical (unpaired) electrons. The summed E-state index contributed by atoms with van der Waals surface area (Å²) in [5.74, 6) is -3.44. The smallest absolute Gasteiger partial charge is 0.376 e. The maximum Gasteiger partial charge on any atom is 0.376 e. The normalized spacial score (nSPS) is 15.3. The first-order valence-corrected chi connectivity index (χ1v) is 7.57. The molecule has 0 amide bonds. The highest BCUT2D eigenvalue weighted by Crippen LogP contribution is 2.32. The van der Waals surface area contributed by atoms with Crippen LogP contribution in [0.1, 0.15) is 13.8 Å². The topological polar surface area (TPSA) is 141 Å². The molecule has 0 aromatic heterocycles. The van der Waals surface area contributed by atoms with Crippen LogP contribution in [0.25, 0.3) is 0 Å². The van der Waals surface area contributed by atoms with E-state index in [1.54, 1.807) is 0 Å². The molecule has 11 nitrogen and oxygen atoms in total. The number of non-ortho nitro benzene ring substituents is 1. The molecule has 0 atom stereocenters. The fourth-order valence-electron chi connectivity index (χ4n) is 2.66. The second kappa shape index (κ2) is 7.32. The van der Waals surface area contributed by atoms with Gasteiger partial charge in [-0.05, 0) is 26.0 Å². The lowest BCUT2D eigenvalue weighted by Gasteiger charge is -2.33. The molecule has 1 heterocycles. The van der Waals surface area contributed by atoms with Gasteiger partial charge >= 0.3 is 11.9 Å². The number of Topliss-reactive ketones (excluding diaryl/α,β-unsaturated/α-hetero) is 1. The Kier molecular flexibility index (Phi) is 5.34. The van der Waals surface area contributed by atoms with Crippen LogP contribution in [-0.2, 0) is 23.9 Å². The minimum atomic E-state index is -2.14. The average Bonchev–Trinajstić information content (AvgIpc) is 2.66. The maximum absolute atomic E-state index is 12.6. The molecular formula is C16H16N4O7. The van der Waals surface area contributed by atoms with Crippen LogP contribution in [0.5, 0.6) is 0 Å². The minimum Gasteiger partial charge on any atom is -0.468 e. The van der Waals surface area contributed by atoms with Crippen LogP contribution in [0.15, 0.2) is 34.5 Å². The molecular weight excluding hydrogens is 360 g/mol. The van der Waals surface area contributed by atoms with Gasteiger partial charge in [0, 0.05) is 12.1 Å². The Morgan fingerprint density at radius 1 is 1.04 bits per heavy atom. The molecule has 1 aromatic carbocycles. The molecule has 0 N–H and O–H groups in total. The number of hydrazone groups is 2. The standard InChI is InChI=1S/C16H16N4O7/c1-9-16(15(23)27-4,13(21)14(22)26-3)10(2)18-19(17-9)11-5-7-12(8-6-11)20(24)25/h5-8H,1-4H3. The number of benzene rings is 1. The lowest BCUT2D eigenvalue weighted by atomic mass is 9.74. The van der Waals surface area contributed by atoms with Gasteiger partial charge in [0.05, 0.1) is 36.3 Å². The molecule has 1 aromatic rings. The summed E-state index contributed by atoms with van der Waals surface area (Å²) in [7, 11) is 2.08. The molecule has 1 aliphatic heterocycles. The van der Waals surface area contributed by atoms with Crippen LogP contribution >= 0.6 is 0 Å². The van der Waals surface area contributed by atoms with Crippen molar-refractivity contribution in [2.45, 2.75) is 13.8 Å². The lowest BCUT2D eigenvalue weighted by molar-refractivity contribution is -0.384. The summed E-state index contributed by atoms with van der Waals surface area (Å²) in [5.41, 5.74) is -2.03. The summed E-state index contributed by atoms with van der Waals surface area (Å²) < 4.78 is 9.15. The number of nitro groups is 1. The molecule has 1 aliphatic rings. The molecule has 0 bridgehead atoms. The minimum absolute atomic E-state index is 0.0596. The molecule has 0 aliphatic carbocycles. The quantitative estimate of drug-likeness (QED) is 0.244. The number of hydrogen-bond acceptors (Lipinski definition) is 10. The number of esters is 2. The summed E-state index contributed by atoms with van der Waals surface area (Å²) >= 11 is 0. The van der Waals surface area contributed by atoms with E-state index in [4.69, 9.17) is 4.74 Å². The Bertz CT molecular complexity index is 853. The number of anilines is 1. The van der Waals surface area contributed by atoms with Crippen molar-refractivity contribution < 1.29 is 28.8 Å². The van der Waals surface area contributed by atoms with Crippen LogP contribution in [0.2, 0.25) is 0 Å². The number of carbonyl (C=O) groups is 3. The van der Waals surface area contributed by atoms with Gasteiger partial charge in [-0.2, -0.15) is 15.3 Å². The number of carbonyl (C=O) groups excluding carboxylic acids is 3. The van der Waals surface area contributed by atoms with Gasteiger partial charge in [0.15, 0.2) is 0 Å². The first-order chi connectivity index (χ1) is 12.7. The molecule has 0 spiro atoms. The van der Waals surface area contributed by atoms with Gasteiger partial charge in [0.2, 0.25) is 5.41 Å². The van der Waals surface area contributed by atoms with Crippen molar-refractivity contribution in [3.8, 4) is 0 Å². The van der Waals surface area contributed by atoms with E-state index in [9.17, 15) is 24.5 Å². The maximum atomic E-state index is 12.6. The molecule has 0 fully saturated rings. The zero-order valence-corrected chi connectivity index (χ0v) is 15.0. The molecule has 0 saturated carbocycles. The van der Waals surface area contributed by atoms with E-state index >= 15 is 0 Å². The van der Waals surface area contributed by atoms with Gasteiger partial charge in [0.25, 0.3) is 11.5 Å². The third-order valence-electron chi connectivity index (χ3n) is 4.07. The highest BCUT2D eigenvalue weighted by molar-refractivity contribution is 6.54. The SMILES string of the molecule is COC(=O)C(=O)C1(C(=O)OC)C(C)=NN(c2ccc([N+](=O)[O-])cc2)N=C1C. The fourth-order valence-corrected chi connectivity index (χ4v) is 2.66. The van der Waals surface area contributed by atoms with Crippen LogP contribution in [0.3, 0.4) is 0 Å². The van der Waals surface area contributed by atoms with Gasteiger partial charge in [-0.15, -0.1) is 0 Å². The number of nitro benzene ring substituents is 1. The van der Waals surface area contributed by atoms with Crippen LogP contribution in [0, 0.1) is 15.5 Å². The number of ketones is 1. The number of rotatable bonds is 5. The second-order valence-corrected chi connectivity index (χ2v) is 5.50. The van der Waals surface area contributed by atoms with E-state index in [1.807, 2.05) is 0 Å². The van der Waals surface area contributed by atoms with Gasteiger partial charge in [-0.1, -0.05) is 0 Å². The van der Waals surface area contributed by atoms with E-state index in [2.05, 4.69) is 14.9 Å². The van der Waals surface area contributed by atoms with Crippen molar-refractivity contribution in [2.24, 2.45) is 15.6 Å². The van der Waals surface area contributed by atoms with Gasteiger partial charge < -0.3 is 9.47 Å². The highest BCUT2D eigenvalue weighted by Gasteiger charge is 2.57. The molecule has 0 unspecified atom stereocenters. The largest absolute Gasteiger partial charge is 0.468 e. The predicted octanol–water partition coefficient (Wildman–Crippen LogP) is 1.07. The Labute approximate surface area is 153 Å². The number of ether oxygens (including phenoxy) is 2. The number of methoxy groups -OCH3 is 2. The van der Waals surface area contributed by atoms with Gasteiger partial charge in [-0.25, -0.2) is 4.79 Å². The summed E-state index contributed by atoms with van der Waals surface area (Å²) in [6, 6.07) is 5.32. The van der Waals surface area contributed by atoms with Gasteiger partial charge in [0.1, 0.15) is 0 Å². The van der Waals surface area contributed by atoms with E-state index < -0.39 is 28.1 Å². The summed E-state index contributed by atoms with van der Waals surface area (Å²) in [4.78, 5) is 47.0. The van der Waals surface area contributed by atoms with Crippen molar-refractivity contribution >= 4 is 40.5 Å². The van der Waals surface area contributed by atoms with E-state index in [0.29, 0.717) is 5.69 Å². The van der Waals surface area contributed by atoms with Crippen LogP contribution in [0.4, 0.5) is 11.4 Å². The van der Waals surface area contributed by atoms with E-state index in [1.165, 1.54) is 38.1 Å². The molecule has 142 valence electrons. The van der Waals surface area contributed by atoms with Crippen molar-refractivity contribution in [1.29, 1.82) is 0 Å². The summed E-state index contributed by atoms with van der Waals surface area (Å²) in [5, 5.41) is 20.1. The molecule has 27 heavy (non-hydrogen) atoms. The third-order valence-corrected chi connectivity index (χ3v) is 4.07.